The van der Waals surface area contributed by atoms with Crippen molar-refractivity contribution >= 4 is 29.1 Å². The first-order valence-electron chi connectivity index (χ1n) is 4.75. The van der Waals surface area contributed by atoms with E-state index in [9.17, 15) is 18.0 Å². The summed E-state index contributed by atoms with van der Waals surface area (Å²) in [5.41, 5.74) is -3.37. The summed E-state index contributed by atoms with van der Waals surface area (Å²) in [5.74, 6) is -0.0785. The van der Waals surface area contributed by atoms with Crippen molar-refractivity contribution < 1.29 is 18.0 Å². The van der Waals surface area contributed by atoms with Crippen LogP contribution in [0.2, 0.25) is 0 Å². The molecule has 1 aromatic rings. The lowest BCUT2D eigenvalue weighted by Gasteiger charge is -2.11. The molecule has 0 N–H and O–H groups in total. The summed E-state index contributed by atoms with van der Waals surface area (Å²) < 4.78 is 36.9. The fourth-order valence-corrected chi connectivity index (χ4v) is 2.37. The maximum Gasteiger partial charge on any atom is 0.446 e. The Kier molecular flexibility index (Phi) is 4.89. The van der Waals surface area contributed by atoms with Crippen molar-refractivity contribution in [2.24, 2.45) is 0 Å². The SMILES string of the molecule is CC(=O)Cc1ccc(CCl)c(SC(F)(F)F)c1. The Morgan fingerprint density at radius 1 is 1.41 bits per heavy atom. The molecule has 1 aromatic carbocycles. The average molecular weight is 283 g/mol. The molecule has 1 nitrogen and oxygen atoms in total. The van der Waals surface area contributed by atoms with Gasteiger partial charge in [0.2, 0.25) is 0 Å². The third-order valence-electron chi connectivity index (χ3n) is 1.95. The molecule has 0 amide bonds. The lowest BCUT2D eigenvalue weighted by Crippen LogP contribution is -2.02. The highest BCUT2D eigenvalue weighted by Crippen LogP contribution is 2.39. The van der Waals surface area contributed by atoms with E-state index < -0.39 is 5.51 Å². The Balaban J connectivity index is 3.02. The van der Waals surface area contributed by atoms with Crippen LogP contribution in [0, 0.1) is 0 Å². The predicted molar refractivity (Wildman–Crippen MR) is 62.3 cm³/mol. The van der Waals surface area contributed by atoms with E-state index in [-0.39, 0.29) is 34.7 Å². The van der Waals surface area contributed by atoms with Crippen LogP contribution in [0.3, 0.4) is 0 Å². The number of carbonyl (C=O) groups is 1. The maximum atomic E-state index is 12.3. The van der Waals surface area contributed by atoms with Gasteiger partial charge in [-0.25, -0.2) is 0 Å². The largest absolute Gasteiger partial charge is 0.446 e. The molecule has 0 atom stereocenters. The van der Waals surface area contributed by atoms with Gasteiger partial charge in [0, 0.05) is 17.2 Å². The van der Waals surface area contributed by atoms with Crippen molar-refractivity contribution in [2.75, 3.05) is 0 Å². The van der Waals surface area contributed by atoms with Crippen LogP contribution in [-0.4, -0.2) is 11.3 Å². The monoisotopic (exact) mass is 282 g/mol. The first-order valence-corrected chi connectivity index (χ1v) is 6.10. The number of benzene rings is 1. The highest BCUT2D eigenvalue weighted by Gasteiger charge is 2.30. The van der Waals surface area contributed by atoms with E-state index >= 15 is 0 Å². The van der Waals surface area contributed by atoms with Gasteiger partial charge in [-0.05, 0) is 35.9 Å². The summed E-state index contributed by atoms with van der Waals surface area (Å²) in [6.45, 7) is 1.39. The molecule has 17 heavy (non-hydrogen) atoms. The minimum absolute atomic E-state index is 0.0127. The highest BCUT2D eigenvalue weighted by atomic mass is 35.5. The van der Waals surface area contributed by atoms with E-state index in [1.165, 1.54) is 19.1 Å². The van der Waals surface area contributed by atoms with Crippen molar-refractivity contribution in [1.82, 2.24) is 0 Å². The molecule has 0 aliphatic carbocycles. The van der Waals surface area contributed by atoms with Crippen LogP contribution in [0.25, 0.3) is 0 Å². The number of thioether (sulfide) groups is 1. The zero-order valence-corrected chi connectivity index (χ0v) is 10.5. The van der Waals surface area contributed by atoms with Gasteiger partial charge in [-0.2, -0.15) is 13.2 Å². The van der Waals surface area contributed by atoms with Crippen LogP contribution in [-0.2, 0) is 17.1 Å². The smallest absolute Gasteiger partial charge is 0.300 e. The Morgan fingerprint density at radius 3 is 2.53 bits per heavy atom. The van der Waals surface area contributed by atoms with E-state index in [4.69, 9.17) is 11.6 Å². The van der Waals surface area contributed by atoms with E-state index in [2.05, 4.69) is 0 Å². The minimum Gasteiger partial charge on any atom is -0.300 e. The topological polar surface area (TPSA) is 17.1 Å². The standard InChI is InChI=1S/C11H10ClF3OS/c1-7(16)4-8-2-3-9(6-12)10(5-8)17-11(13,14)15/h2-3,5H,4,6H2,1H3. The van der Waals surface area contributed by atoms with Crippen molar-refractivity contribution in [3.05, 3.63) is 29.3 Å². The number of alkyl halides is 4. The zero-order valence-electron chi connectivity index (χ0n) is 8.97. The molecule has 94 valence electrons. The third kappa shape index (κ3) is 5.00. The fraction of sp³-hybridized carbons (Fsp3) is 0.364. The van der Waals surface area contributed by atoms with Crippen LogP contribution in [0.4, 0.5) is 13.2 Å². The summed E-state index contributed by atoms with van der Waals surface area (Å²) in [6.07, 6.45) is 0.133. The van der Waals surface area contributed by atoms with Gasteiger partial charge in [-0.3, -0.25) is 4.79 Å². The molecular weight excluding hydrogens is 273 g/mol. The zero-order chi connectivity index (χ0) is 13.1. The van der Waals surface area contributed by atoms with E-state index in [0.717, 1.165) is 0 Å². The van der Waals surface area contributed by atoms with Crippen LogP contribution < -0.4 is 0 Å². The predicted octanol–water partition coefficient (Wildman–Crippen LogP) is 4.17. The molecule has 0 saturated heterocycles. The Bertz CT molecular complexity index is 418. The third-order valence-corrected chi connectivity index (χ3v) is 3.07. The molecule has 0 aliphatic rings. The van der Waals surface area contributed by atoms with Crippen molar-refractivity contribution in [3.63, 3.8) is 0 Å². The molecule has 6 heteroatoms. The summed E-state index contributed by atoms with van der Waals surface area (Å²) >= 11 is 5.37. The fourth-order valence-electron chi connectivity index (χ4n) is 1.33. The second-order valence-electron chi connectivity index (χ2n) is 3.50. The van der Waals surface area contributed by atoms with Gasteiger partial charge in [0.25, 0.3) is 0 Å². The van der Waals surface area contributed by atoms with Crippen LogP contribution in [0.5, 0.6) is 0 Å². The minimum atomic E-state index is -4.35. The number of halogens is 4. The first-order chi connectivity index (χ1) is 7.81. The van der Waals surface area contributed by atoms with Gasteiger partial charge in [-0.15, -0.1) is 11.6 Å². The molecule has 0 bridgehead atoms. The van der Waals surface area contributed by atoms with Crippen molar-refractivity contribution in [3.8, 4) is 0 Å². The Hall–Kier alpha value is -0.680. The normalized spacial score (nSPS) is 11.6. The van der Waals surface area contributed by atoms with Gasteiger partial charge in [0.15, 0.2) is 0 Å². The molecule has 0 radical (unpaired) electrons. The van der Waals surface area contributed by atoms with Gasteiger partial charge < -0.3 is 0 Å². The highest BCUT2D eigenvalue weighted by molar-refractivity contribution is 8.00. The Labute approximate surface area is 106 Å². The number of ketones is 1. The number of carbonyl (C=O) groups excluding carboxylic acids is 1. The van der Waals surface area contributed by atoms with Crippen molar-refractivity contribution in [1.29, 1.82) is 0 Å². The quantitative estimate of drug-likeness (QED) is 0.609. The maximum absolute atomic E-state index is 12.3. The lowest BCUT2D eigenvalue weighted by molar-refractivity contribution is -0.116. The van der Waals surface area contributed by atoms with E-state index in [0.29, 0.717) is 11.1 Å². The summed E-state index contributed by atoms with van der Waals surface area (Å²) in [6, 6.07) is 4.52. The summed E-state index contributed by atoms with van der Waals surface area (Å²) in [4.78, 5) is 11.0. The summed E-state index contributed by atoms with van der Waals surface area (Å²) in [5, 5.41) is 0. The molecule has 0 unspecified atom stereocenters. The second-order valence-corrected chi connectivity index (χ2v) is 4.88. The lowest BCUT2D eigenvalue weighted by atomic mass is 10.1. The van der Waals surface area contributed by atoms with Gasteiger partial charge in [0.05, 0.1) is 0 Å². The molecule has 0 heterocycles. The van der Waals surface area contributed by atoms with Gasteiger partial charge in [-0.1, -0.05) is 12.1 Å². The van der Waals surface area contributed by atoms with Crippen LogP contribution in [0.15, 0.2) is 23.1 Å². The number of Topliss-reactive ketones (excluding diaryl/α,β-unsaturated/α-hetero) is 1. The number of rotatable bonds is 4. The molecule has 0 aromatic heterocycles. The molecule has 0 aliphatic heterocycles. The second kappa shape index (κ2) is 5.78. The molecular formula is C11H10ClF3OS. The molecule has 0 fully saturated rings. The summed E-state index contributed by atoms with van der Waals surface area (Å²) in [7, 11) is 0. The van der Waals surface area contributed by atoms with E-state index in [1.807, 2.05) is 0 Å². The van der Waals surface area contributed by atoms with Gasteiger partial charge >= 0.3 is 5.51 Å². The Morgan fingerprint density at radius 2 is 2.06 bits per heavy atom. The molecule has 0 saturated carbocycles. The van der Waals surface area contributed by atoms with Gasteiger partial charge in [0.1, 0.15) is 5.78 Å². The number of hydrogen-bond donors (Lipinski definition) is 0. The van der Waals surface area contributed by atoms with Crippen LogP contribution in [0.1, 0.15) is 18.1 Å². The first kappa shape index (κ1) is 14.4. The van der Waals surface area contributed by atoms with Crippen molar-refractivity contribution in [2.45, 2.75) is 29.6 Å². The average Bonchev–Trinajstić information content (AvgIpc) is 2.14. The number of hydrogen-bond acceptors (Lipinski definition) is 2. The van der Waals surface area contributed by atoms with Crippen LogP contribution >= 0.6 is 23.4 Å². The molecule has 0 spiro atoms. The van der Waals surface area contributed by atoms with E-state index in [1.54, 1.807) is 6.07 Å². The molecule has 1 rings (SSSR count).